The fourth-order valence-corrected chi connectivity index (χ4v) is 2.55. The first kappa shape index (κ1) is 22.4. The normalized spacial score (nSPS) is 27.1. The summed E-state index contributed by atoms with van der Waals surface area (Å²) in [4.78, 5) is 57.2. The number of esters is 4. The number of nitrogens with one attached hydrogen (secondary N) is 1. The molecular formula is C16H23NO10. The fourth-order valence-electron chi connectivity index (χ4n) is 2.55. The van der Waals surface area contributed by atoms with Gasteiger partial charge in [-0.1, -0.05) is 0 Å². The van der Waals surface area contributed by atoms with Crippen LogP contribution in [0.15, 0.2) is 0 Å². The van der Waals surface area contributed by atoms with E-state index in [0.717, 1.165) is 27.7 Å². The number of amides is 1. The zero-order chi connectivity index (χ0) is 20.7. The third-order valence-corrected chi connectivity index (χ3v) is 3.35. The Morgan fingerprint density at radius 2 is 1.30 bits per heavy atom. The lowest BCUT2D eigenvalue weighted by Gasteiger charge is -2.44. The van der Waals surface area contributed by atoms with Gasteiger partial charge in [0.1, 0.15) is 18.8 Å². The number of ether oxygens (including phenoxy) is 5. The van der Waals surface area contributed by atoms with Crippen LogP contribution >= 0.6 is 0 Å². The fraction of sp³-hybridized carbons (Fsp3) is 0.688. The summed E-state index contributed by atoms with van der Waals surface area (Å²) < 4.78 is 25.9. The van der Waals surface area contributed by atoms with Crippen LogP contribution in [0.2, 0.25) is 0 Å². The van der Waals surface area contributed by atoms with Crippen molar-refractivity contribution in [2.24, 2.45) is 0 Å². The molecule has 0 saturated carbocycles. The topological polar surface area (TPSA) is 144 Å². The van der Waals surface area contributed by atoms with Crippen molar-refractivity contribution in [3.63, 3.8) is 0 Å². The van der Waals surface area contributed by atoms with E-state index in [-0.39, 0.29) is 6.61 Å². The first-order valence-electron chi connectivity index (χ1n) is 8.08. The molecule has 5 atom stereocenters. The zero-order valence-electron chi connectivity index (χ0n) is 15.7. The van der Waals surface area contributed by atoms with Gasteiger partial charge in [-0.15, -0.1) is 0 Å². The molecule has 1 saturated heterocycles. The molecule has 1 fully saturated rings. The van der Waals surface area contributed by atoms with Gasteiger partial charge >= 0.3 is 23.9 Å². The molecule has 11 nitrogen and oxygen atoms in total. The highest BCUT2D eigenvalue weighted by Crippen LogP contribution is 2.28. The average Bonchev–Trinajstić information content (AvgIpc) is 2.49. The third-order valence-electron chi connectivity index (χ3n) is 3.35. The van der Waals surface area contributed by atoms with Crippen molar-refractivity contribution < 1.29 is 47.7 Å². The molecule has 0 aromatic carbocycles. The molecule has 1 N–H and O–H groups in total. The Morgan fingerprint density at radius 1 is 0.778 bits per heavy atom. The van der Waals surface area contributed by atoms with E-state index >= 15 is 0 Å². The maximum absolute atomic E-state index is 11.6. The molecule has 27 heavy (non-hydrogen) atoms. The molecule has 152 valence electrons. The number of hydrogen-bond donors (Lipinski definition) is 1. The Bertz CT molecular complexity index is 604. The lowest BCUT2D eigenvalue weighted by atomic mass is 9.96. The molecule has 1 rings (SSSR count). The molecule has 0 radical (unpaired) electrons. The largest absolute Gasteiger partial charge is 0.463 e. The highest BCUT2D eigenvalue weighted by Gasteiger charge is 2.52. The van der Waals surface area contributed by atoms with Gasteiger partial charge in [0.05, 0.1) is 0 Å². The summed E-state index contributed by atoms with van der Waals surface area (Å²) >= 11 is 0. The average molecular weight is 389 g/mol. The van der Waals surface area contributed by atoms with Gasteiger partial charge in [-0.25, -0.2) is 0 Å². The predicted octanol–water partition coefficient (Wildman–Crippen LogP) is -0.794. The van der Waals surface area contributed by atoms with Crippen LogP contribution in [-0.4, -0.2) is 67.0 Å². The van der Waals surface area contributed by atoms with Crippen LogP contribution in [-0.2, 0) is 47.7 Å². The van der Waals surface area contributed by atoms with Crippen LogP contribution in [0.3, 0.4) is 0 Å². The van der Waals surface area contributed by atoms with Crippen molar-refractivity contribution in [3.05, 3.63) is 0 Å². The molecular weight excluding hydrogens is 366 g/mol. The summed E-state index contributed by atoms with van der Waals surface area (Å²) in [7, 11) is 0. The SMILES string of the molecule is CC(=O)N[C@@H]1C(OC(C)=O)[C@H](OC(C)=O)C(COC(C)=O)O[C@H]1OC(C)=O. The van der Waals surface area contributed by atoms with Crippen molar-refractivity contribution >= 4 is 29.8 Å². The van der Waals surface area contributed by atoms with Gasteiger partial charge < -0.3 is 29.0 Å². The second-order valence-corrected chi connectivity index (χ2v) is 5.83. The van der Waals surface area contributed by atoms with Crippen molar-refractivity contribution in [2.45, 2.75) is 65.3 Å². The first-order chi connectivity index (χ1) is 12.5. The van der Waals surface area contributed by atoms with Gasteiger partial charge in [-0.3, -0.25) is 24.0 Å². The summed E-state index contributed by atoms with van der Waals surface area (Å²) in [6.45, 7) is 5.36. The van der Waals surface area contributed by atoms with Crippen LogP contribution in [0.4, 0.5) is 0 Å². The molecule has 1 aliphatic heterocycles. The number of hydrogen-bond acceptors (Lipinski definition) is 10. The number of carbonyl (C=O) groups excluding carboxylic acids is 5. The maximum atomic E-state index is 11.6. The van der Waals surface area contributed by atoms with Crippen molar-refractivity contribution in [3.8, 4) is 0 Å². The predicted molar refractivity (Wildman–Crippen MR) is 85.8 cm³/mol. The van der Waals surface area contributed by atoms with Crippen LogP contribution < -0.4 is 5.32 Å². The molecule has 0 aromatic rings. The lowest BCUT2D eigenvalue weighted by molar-refractivity contribution is -0.270. The molecule has 1 amide bonds. The van der Waals surface area contributed by atoms with E-state index in [0.29, 0.717) is 0 Å². The molecule has 0 bridgehead atoms. The van der Waals surface area contributed by atoms with Crippen LogP contribution in [0.25, 0.3) is 0 Å². The molecule has 0 aliphatic carbocycles. The van der Waals surface area contributed by atoms with E-state index in [2.05, 4.69) is 5.32 Å². The molecule has 11 heteroatoms. The maximum Gasteiger partial charge on any atom is 0.305 e. The zero-order valence-corrected chi connectivity index (χ0v) is 15.7. The minimum absolute atomic E-state index is 0.365. The Kier molecular flexibility index (Phi) is 8.16. The minimum atomic E-state index is -1.37. The molecule has 1 aliphatic rings. The van der Waals surface area contributed by atoms with Gasteiger partial charge in [0.15, 0.2) is 12.2 Å². The third kappa shape index (κ3) is 7.21. The first-order valence-corrected chi connectivity index (χ1v) is 8.08. The molecule has 1 heterocycles. The second-order valence-electron chi connectivity index (χ2n) is 5.83. The number of carbonyl (C=O) groups is 5. The number of rotatable bonds is 6. The summed E-state index contributed by atoms with van der Waals surface area (Å²) in [5.41, 5.74) is 0. The smallest absolute Gasteiger partial charge is 0.305 e. The van der Waals surface area contributed by atoms with E-state index in [1.165, 1.54) is 6.92 Å². The molecule has 2 unspecified atom stereocenters. The quantitative estimate of drug-likeness (QED) is 0.453. The van der Waals surface area contributed by atoms with E-state index in [4.69, 9.17) is 23.7 Å². The van der Waals surface area contributed by atoms with E-state index < -0.39 is 60.4 Å². The van der Waals surface area contributed by atoms with Crippen LogP contribution in [0.5, 0.6) is 0 Å². The standard InChI is InChI=1S/C16H23NO10/c1-7(18)17-13-15(25-10(4)21)14(24-9(3)20)12(6-23-8(2)19)27-16(13)26-11(5)22/h12-16H,6H2,1-5H3,(H,17,18)/t12?,13-,14-,15?,16-/m1/s1. The van der Waals surface area contributed by atoms with Crippen molar-refractivity contribution in [1.82, 2.24) is 5.32 Å². The lowest BCUT2D eigenvalue weighted by Crippen LogP contribution is -2.66. The van der Waals surface area contributed by atoms with Crippen molar-refractivity contribution in [1.29, 1.82) is 0 Å². The second kappa shape index (κ2) is 9.86. The Balaban J connectivity index is 3.29. The minimum Gasteiger partial charge on any atom is -0.463 e. The summed E-state index contributed by atoms with van der Waals surface area (Å²) in [5.74, 6) is -3.34. The van der Waals surface area contributed by atoms with Gasteiger partial charge in [-0.05, 0) is 0 Å². The Hall–Kier alpha value is -2.69. The van der Waals surface area contributed by atoms with Crippen LogP contribution in [0.1, 0.15) is 34.6 Å². The van der Waals surface area contributed by atoms with Gasteiger partial charge in [-0.2, -0.15) is 0 Å². The van der Waals surface area contributed by atoms with Gasteiger partial charge in [0, 0.05) is 34.6 Å². The van der Waals surface area contributed by atoms with Crippen molar-refractivity contribution in [2.75, 3.05) is 6.61 Å². The molecule has 0 aromatic heterocycles. The Labute approximate surface area is 155 Å². The van der Waals surface area contributed by atoms with E-state index in [1.54, 1.807) is 0 Å². The monoisotopic (exact) mass is 389 g/mol. The highest BCUT2D eigenvalue weighted by molar-refractivity contribution is 5.74. The van der Waals surface area contributed by atoms with E-state index in [9.17, 15) is 24.0 Å². The van der Waals surface area contributed by atoms with Gasteiger partial charge in [0.25, 0.3) is 0 Å². The summed E-state index contributed by atoms with van der Waals surface area (Å²) in [5, 5.41) is 2.46. The van der Waals surface area contributed by atoms with E-state index in [1.807, 2.05) is 0 Å². The summed E-state index contributed by atoms with van der Waals surface area (Å²) in [6.07, 6.45) is -4.97. The van der Waals surface area contributed by atoms with Crippen LogP contribution in [0, 0.1) is 0 Å². The highest BCUT2D eigenvalue weighted by atomic mass is 16.7. The molecule has 0 spiro atoms. The van der Waals surface area contributed by atoms with Gasteiger partial charge in [0.2, 0.25) is 12.2 Å². The Morgan fingerprint density at radius 3 is 1.74 bits per heavy atom. The summed E-state index contributed by atoms with van der Waals surface area (Å²) in [6, 6.07) is -1.16.